The van der Waals surface area contributed by atoms with Gasteiger partial charge in [-0.1, -0.05) is 25.7 Å². The highest BCUT2D eigenvalue weighted by molar-refractivity contribution is 5.95. The second-order valence-electron chi connectivity index (χ2n) is 5.86. The van der Waals surface area contributed by atoms with Gasteiger partial charge in [-0.15, -0.1) is 0 Å². The van der Waals surface area contributed by atoms with Crippen molar-refractivity contribution in [2.75, 3.05) is 13.1 Å². The Morgan fingerprint density at radius 2 is 1.91 bits per heavy atom. The number of rotatable bonds is 6. The third-order valence-electron chi connectivity index (χ3n) is 4.13. The van der Waals surface area contributed by atoms with Crippen LogP contribution in [0, 0.1) is 10.1 Å². The van der Waals surface area contributed by atoms with Crippen molar-refractivity contribution in [3.05, 3.63) is 33.9 Å². The standard InChI is InChI=1S/C16H23N3O4/c20-15-11-12(7-8-14(15)19(22)23)16(21)18-10-9-17-13-5-3-1-2-4-6-13/h7-8,11,13,17,20H,1-6,9-10H2,(H,18,21). The highest BCUT2D eigenvalue weighted by Gasteiger charge is 2.16. The van der Waals surface area contributed by atoms with Gasteiger partial charge in [0, 0.05) is 30.8 Å². The summed E-state index contributed by atoms with van der Waals surface area (Å²) in [6, 6.07) is 4.12. The van der Waals surface area contributed by atoms with Gasteiger partial charge in [-0.25, -0.2) is 0 Å². The van der Waals surface area contributed by atoms with Crippen LogP contribution in [-0.4, -0.2) is 35.1 Å². The Bertz CT molecular complexity index is 554. The number of aromatic hydroxyl groups is 1. The van der Waals surface area contributed by atoms with Crippen LogP contribution in [-0.2, 0) is 0 Å². The zero-order valence-electron chi connectivity index (χ0n) is 13.1. The molecule has 7 nitrogen and oxygen atoms in total. The molecule has 0 heterocycles. The van der Waals surface area contributed by atoms with Crippen molar-refractivity contribution < 1.29 is 14.8 Å². The Balaban J connectivity index is 1.76. The molecule has 7 heteroatoms. The van der Waals surface area contributed by atoms with Crippen molar-refractivity contribution in [1.29, 1.82) is 0 Å². The number of nitrogens with zero attached hydrogens (tertiary/aromatic N) is 1. The lowest BCUT2D eigenvalue weighted by molar-refractivity contribution is -0.385. The van der Waals surface area contributed by atoms with Gasteiger partial charge in [0.05, 0.1) is 4.92 Å². The zero-order valence-corrected chi connectivity index (χ0v) is 13.1. The number of nitro groups is 1. The van der Waals surface area contributed by atoms with E-state index < -0.39 is 16.4 Å². The number of phenols is 1. The average molecular weight is 321 g/mol. The summed E-state index contributed by atoms with van der Waals surface area (Å²) in [4.78, 5) is 21.9. The summed E-state index contributed by atoms with van der Waals surface area (Å²) >= 11 is 0. The lowest BCUT2D eigenvalue weighted by Crippen LogP contribution is -2.36. The molecule has 23 heavy (non-hydrogen) atoms. The monoisotopic (exact) mass is 321 g/mol. The smallest absolute Gasteiger partial charge is 0.310 e. The molecule has 126 valence electrons. The lowest BCUT2D eigenvalue weighted by atomic mass is 10.1. The van der Waals surface area contributed by atoms with Crippen LogP contribution in [0.3, 0.4) is 0 Å². The van der Waals surface area contributed by atoms with Crippen LogP contribution < -0.4 is 10.6 Å². The molecular weight excluding hydrogens is 298 g/mol. The largest absolute Gasteiger partial charge is 0.502 e. The molecule has 1 aromatic rings. The van der Waals surface area contributed by atoms with Crippen LogP contribution in [0.1, 0.15) is 48.9 Å². The predicted octanol–water partition coefficient (Wildman–Crippen LogP) is 2.34. The third-order valence-corrected chi connectivity index (χ3v) is 4.13. The Morgan fingerprint density at radius 3 is 2.52 bits per heavy atom. The highest BCUT2D eigenvalue weighted by atomic mass is 16.6. The minimum absolute atomic E-state index is 0.211. The van der Waals surface area contributed by atoms with Gasteiger partial charge in [-0.2, -0.15) is 0 Å². The summed E-state index contributed by atoms with van der Waals surface area (Å²) in [5.41, 5.74) is -0.195. The summed E-state index contributed by atoms with van der Waals surface area (Å²) in [7, 11) is 0. The van der Waals surface area contributed by atoms with E-state index in [0.717, 1.165) is 12.1 Å². The van der Waals surface area contributed by atoms with Crippen molar-refractivity contribution in [3.63, 3.8) is 0 Å². The van der Waals surface area contributed by atoms with E-state index in [2.05, 4.69) is 10.6 Å². The third kappa shape index (κ3) is 5.21. The topological polar surface area (TPSA) is 104 Å². The predicted molar refractivity (Wildman–Crippen MR) is 86.6 cm³/mol. The number of carbonyl (C=O) groups is 1. The van der Waals surface area contributed by atoms with E-state index >= 15 is 0 Å². The zero-order chi connectivity index (χ0) is 16.7. The van der Waals surface area contributed by atoms with E-state index in [1.165, 1.54) is 44.6 Å². The van der Waals surface area contributed by atoms with Crippen LogP contribution in [0.5, 0.6) is 5.75 Å². The maximum absolute atomic E-state index is 12.0. The van der Waals surface area contributed by atoms with E-state index in [1.807, 2.05) is 0 Å². The number of phenolic OH excluding ortho intramolecular Hbond substituents is 1. The Hall–Kier alpha value is -2.15. The van der Waals surface area contributed by atoms with Gasteiger partial charge in [-0.3, -0.25) is 14.9 Å². The normalized spacial score (nSPS) is 15.8. The van der Waals surface area contributed by atoms with E-state index in [0.29, 0.717) is 19.1 Å². The first-order valence-electron chi connectivity index (χ1n) is 8.07. The Kier molecular flexibility index (Phi) is 6.34. The maximum Gasteiger partial charge on any atom is 0.310 e. The lowest BCUT2D eigenvalue weighted by Gasteiger charge is -2.16. The maximum atomic E-state index is 12.0. The van der Waals surface area contributed by atoms with Crippen molar-refractivity contribution in [1.82, 2.24) is 10.6 Å². The van der Waals surface area contributed by atoms with Crippen LogP contribution in [0.2, 0.25) is 0 Å². The number of carbonyl (C=O) groups excluding carboxylic acids is 1. The molecule has 0 saturated heterocycles. The molecule has 0 atom stereocenters. The van der Waals surface area contributed by atoms with Crippen LogP contribution in [0.25, 0.3) is 0 Å². The molecule has 0 unspecified atom stereocenters. The number of hydrogen-bond acceptors (Lipinski definition) is 5. The van der Waals surface area contributed by atoms with Crippen LogP contribution >= 0.6 is 0 Å². The van der Waals surface area contributed by atoms with E-state index in [9.17, 15) is 20.0 Å². The van der Waals surface area contributed by atoms with Gasteiger partial charge in [0.2, 0.25) is 0 Å². The molecule has 0 aromatic heterocycles. The van der Waals surface area contributed by atoms with Crippen molar-refractivity contribution in [2.45, 2.75) is 44.6 Å². The summed E-state index contributed by atoms with van der Waals surface area (Å²) in [5.74, 6) is -0.850. The van der Waals surface area contributed by atoms with Crippen LogP contribution in [0.4, 0.5) is 5.69 Å². The first-order valence-corrected chi connectivity index (χ1v) is 8.07. The second-order valence-corrected chi connectivity index (χ2v) is 5.86. The second kappa shape index (κ2) is 8.47. The summed E-state index contributed by atoms with van der Waals surface area (Å²) in [5, 5.41) is 26.4. The van der Waals surface area contributed by atoms with E-state index in [-0.39, 0.29) is 11.5 Å². The minimum atomic E-state index is -0.687. The molecule has 1 aliphatic carbocycles. The molecule has 0 spiro atoms. The molecule has 0 bridgehead atoms. The van der Waals surface area contributed by atoms with Gasteiger partial charge in [0.1, 0.15) is 0 Å². The van der Waals surface area contributed by atoms with Crippen molar-refractivity contribution in [2.24, 2.45) is 0 Å². The van der Waals surface area contributed by atoms with E-state index in [4.69, 9.17) is 0 Å². The molecule has 2 rings (SSSR count). The molecule has 1 aliphatic rings. The Labute approximate surface area is 135 Å². The number of amides is 1. The number of nitrogens with one attached hydrogen (secondary N) is 2. The van der Waals surface area contributed by atoms with Gasteiger partial charge in [0.15, 0.2) is 5.75 Å². The molecule has 1 saturated carbocycles. The van der Waals surface area contributed by atoms with Crippen LogP contribution in [0.15, 0.2) is 18.2 Å². The molecule has 3 N–H and O–H groups in total. The molecule has 0 aliphatic heterocycles. The molecule has 1 aromatic carbocycles. The van der Waals surface area contributed by atoms with Gasteiger partial charge < -0.3 is 15.7 Å². The Morgan fingerprint density at radius 1 is 1.22 bits per heavy atom. The summed E-state index contributed by atoms with van der Waals surface area (Å²) in [6.45, 7) is 1.17. The van der Waals surface area contributed by atoms with Gasteiger partial charge in [0.25, 0.3) is 5.91 Å². The quantitative estimate of drug-likeness (QED) is 0.323. The SMILES string of the molecule is O=C(NCCNC1CCCCCC1)c1ccc([N+](=O)[O-])c(O)c1. The molecule has 1 amide bonds. The summed E-state index contributed by atoms with van der Waals surface area (Å²) in [6.07, 6.45) is 7.49. The number of hydrogen-bond donors (Lipinski definition) is 3. The summed E-state index contributed by atoms with van der Waals surface area (Å²) < 4.78 is 0. The fraction of sp³-hybridized carbons (Fsp3) is 0.562. The van der Waals surface area contributed by atoms with Gasteiger partial charge >= 0.3 is 5.69 Å². The average Bonchev–Trinajstić information content (AvgIpc) is 2.79. The van der Waals surface area contributed by atoms with Gasteiger partial charge in [-0.05, 0) is 25.0 Å². The highest BCUT2D eigenvalue weighted by Crippen LogP contribution is 2.26. The van der Waals surface area contributed by atoms with Crippen molar-refractivity contribution >= 4 is 11.6 Å². The number of benzene rings is 1. The minimum Gasteiger partial charge on any atom is -0.502 e. The first-order chi connectivity index (χ1) is 11.1. The number of nitro benzene ring substituents is 1. The molecule has 0 radical (unpaired) electrons. The molecular formula is C16H23N3O4. The fourth-order valence-corrected chi connectivity index (χ4v) is 2.86. The van der Waals surface area contributed by atoms with E-state index in [1.54, 1.807) is 0 Å². The first kappa shape index (κ1) is 17.2. The molecule has 1 fully saturated rings. The van der Waals surface area contributed by atoms with Crippen molar-refractivity contribution in [3.8, 4) is 5.75 Å². The fourth-order valence-electron chi connectivity index (χ4n) is 2.86.